The average Bonchev–Trinajstić information content (AvgIpc) is 3.88. The van der Waals surface area contributed by atoms with Crippen molar-refractivity contribution in [1.82, 2.24) is 5.32 Å². The lowest BCUT2D eigenvalue weighted by Crippen LogP contribution is -2.31. The molecule has 1 fully saturated rings. The Balaban J connectivity index is 0.997. The zero-order chi connectivity index (χ0) is 33.9. The van der Waals surface area contributed by atoms with Crippen molar-refractivity contribution in [2.75, 3.05) is 0 Å². The second-order valence-corrected chi connectivity index (χ2v) is 14.5. The highest BCUT2D eigenvalue weighted by Gasteiger charge is 2.57. The topological polar surface area (TPSA) is 48.2 Å². The fourth-order valence-corrected chi connectivity index (χ4v) is 9.18. The van der Waals surface area contributed by atoms with E-state index in [1.165, 1.54) is 50.1 Å². The monoisotopic (exact) mass is 655 g/mol. The number of rotatable bonds is 5. The summed E-state index contributed by atoms with van der Waals surface area (Å²) in [7, 11) is 0. The highest BCUT2D eigenvalue weighted by atomic mass is 15.0. The van der Waals surface area contributed by atoms with E-state index in [4.69, 9.17) is 4.99 Å². The molecule has 0 aromatic heterocycles. The minimum absolute atomic E-state index is 0.0150. The highest BCUT2D eigenvalue weighted by Crippen LogP contribution is 2.64. The van der Waals surface area contributed by atoms with Crippen LogP contribution >= 0.6 is 0 Å². The van der Waals surface area contributed by atoms with Gasteiger partial charge in [-0.05, 0) is 106 Å². The molecule has 244 valence electrons. The molecule has 3 nitrogen and oxygen atoms in total. The Hall–Kier alpha value is -5.98. The molecule has 0 spiro atoms. The van der Waals surface area contributed by atoms with Crippen LogP contribution in [-0.4, -0.2) is 5.84 Å². The van der Waals surface area contributed by atoms with E-state index in [-0.39, 0.29) is 6.04 Å². The van der Waals surface area contributed by atoms with Gasteiger partial charge in [0, 0.05) is 17.0 Å². The fraction of sp³-hybridized carbons (Fsp3) is 0.167. The largest absolute Gasteiger partial charge is 0.359 e. The van der Waals surface area contributed by atoms with Gasteiger partial charge in [-0.1, -0.05) is 133 Å². The number of hydrogen-bond donors (Lipinski definition) is 1. The molecule has 4 aromatic carbocycles. The Bertz CT molecular complexity index is 2390. The van der Waals surface area contributed by atoms with E-state index in [9.17, 15) is 5.26 Å². The van der Waals surface area contributed by atoms with Gasteiger partial charge in [0.2, 0.25) is 0 Å². The van der Waals surface area contributed by atoms with Crippen LogP contribution in [0, 0.1) is 35.0 Å². The molecule has 4 aromatic rings. The number of nitrogens with one attached hydrogen (secondary N) is 1. The lowest BCUT2D eigenvalue weighted by Gasteiger charge is -2.25. The Morgan fingerprint density at radius 1 is 0.784 bits per heavy atom. The number of benzene rings is 4. The molecule has 1 heterocycles. The summed E-state index contributed by atoms with van der Waals surface area (Å²) >= 11 is 0. The standard InChI is InChI=1S/C48H37N3/c49-29-37-18-10-17-36-26-41-42(45(36)37)27-40(38-19-7-8-20-39-46(38)47(39)41)35-16-9-15-34(25-35)30-21-23-32(24-22-30)44-28-43(31-11-3-1-4-12-31)50-48(51-44)33-13-5-2-6-14-33/h1-3,5-11,13-25,27-28,38-39,44,46-47H,4,12,26H2,(H,50,51). The van der Waals surface area contributed by atoms with Crippen molar-refractivity contribution in [2.45, 2.75) is 25.3 Å². The lowest BCUT2D eigenvalue weighted by atomic mass is 9.85. The second kappa shape index (κ2) is 12.1. The summed E-state index contributed by atoms with van der Waals surface area (Å²) in [5, 5.41) is 13.8. The van der Waals surface area contributed by atoms with Crippen molar-refractivity contribution in [3.63, 3.8) is 0 Å². The van der Waals surface area contributed by atoms with Crippen LogP contribution < -0.4 is 5.32 Å². The molecule has 0 saturated heterocycles. The molecular formula is C48H37N3. The molecular weight excluding hydrogens is 619 g/mol. The quantitative estimate of drug-likeness (QED) is 0.233. The van der Waals surface area contributed by atoms with Gasteiger partial charge in [-0.15, -0.1) is 0 Å². The van der Waals surface area contributed by atoms with Crippen molar-refractivity contribution in [2.24, 2.45) is 28.7 Å². The van der Waals surface area contributed by atoms with E-state index in [0.29, 0.717) is 23.7 Å². The van der Waals surface area contributed by atoms with Crippen molar-refractivity contribution >= 4 is 17.0 Å². The van der Waals surface area contributed by atoms with Gasteiger partial charge in [0.05, 0.1) is 23.4 Å². The lowest BCUT2D eigenvalue weighted by molar-refractivity contribution is 0.656. The molecule has 5 aliphatic carbocycles. The van der Waals surface area contributed by atoms with Crippen LogP contribution in [-0.2, 0) is 6.42 Å². The molecule has 5 unspecified atom stereocenters. The molecule has 6 aliphatic rings. The van der Waals surface area contributed by atoms with Gasteiger partial charge in [-0.3, -0.25) is 0 Å². The van der Waals surface area contributed by atoms with Crippen LogP contribution in [0.1, 0.15) is 52.3 Å². The molecule has 0 radical (unpaired) electrons. The minimum Gasteiger partial charge on any atom is -0.359 e. The van der Waals surface area contributed by atoms with Gasteiger partial charge in [0.1, 0.15) is 5.84 Å². The molecule has 10 rings (SSSR count). The van der Waals surface area contributed by atoms with E-state index in [0.717, 1.165) is 47.5 Å². The Labute approximate surface area is 299 Å². The molecule has 0 bridgehead atoms. The van der Waals surface area contributed by atoms with E-state index in [1.54, 1.807) is 0 Å². The normalized spacial score (nSPS) is 25.1. The summed E-state index contributed by atoms with van der Waals surface area (Å²) in [6.07, 6.45) is 23.6. The van der Waals surface area contributed by atoms with Crippen LogP contribution in [0.15, 0.2) is 174 Å². The Morgan fingerprint density at radius 2 is 1.61 bits per heavy atom. The molecule has 3 heteroatoms. The first-order valence-corrected chi connectivity index (χ1v) is 18.2. The smallest absolute Gasteiger partial charge is 0.134 e. The first-order chi connectivity index (χ1) is 25.2. The third kappa shape index (κ3) is 5.14. The fourth-order valence-electron chi connectivity index (χ4n) is 9.18. The van der Waals surface area contributed by atoms with Crippen molar-refractivity contribution in [1.29, 1.82) is 5.26 Å². The van der Waals surface area contributed by atoms with Crippen LogP contribution in [0.5, 0.6) is 0 Å². The number of fused-ring (bicyclic) bond motifs is 4. The first kappa shape index (κ1) is 29.9. The third-order valence-corrected chi connectivity index (χ3v) is 11.7. The molecule has 5 atom stereocenters. The van der Waals surface area contributed by atoms with Gasteiger partial charge in [-0.25, -0.2) is 4.99 Å². The molecule has 1 saturated carbocycles. The summed E-state index contributed by atoms with van der Waals surface area (Å²) in [6, 6.07) is 37.3. The molecule has 1 aliphatic heterocycles. The Morgan fingerprint density at radius 3 is 2.45 bits per heavy atom. The first-order valence-electron chi connectivity index (χ1n) is 18.2. The van der Waals surface area contributed by atoms with Crippen LogP contribution in [0.2, 0.25) is 0 Å². The second-order valence-electron chi connectivity index (χ2n) is 14.5. The molecule has 51 heavy (non-hydrogen) atoms. The van der Waals surface area contributed by atoms with Crippen molar-refractivity contribution in [3.8, 4) is 17.2 Å². The molecule has 0 amide bonds. The molecule has 1 N–H and O–H groups in total. The summed E-state index contributed by atoms with van der Waals surface area (Å²) in [6.45, 7) is 0. The highest BCUT2D eigenvalue weighted by molar-refractivity contribution is 6.00. The number of amidine groups is 1. The van der Waals surface area contributed by atoms with E-state index < -0.39 is 0 Å². The zero-order valence-electron chi connectivity index (χ0n) is 28.3. The van der Waals surface area contributed by atoms with E-state index in [2.05, 4.69) is 145 Å². The van der Waals surface area contributed by atoms with Gasteiger partial charge in [-0.2, -0.15) is 5.26 Å². The number of allylic oxidation sites excluding steroid dienone is 12. The maximum Gasteiger partial charge on any atom is 0.134 e. The average molecular weight is 656 g/mol. The predicted octanol–water partition coefficient (Wildman–Crippen LogP) is 10.5. The van der Waals surface area contributed by atoms with Gasteiger partial charge in [0.25, 0.3) is 0 Å². The summed E-state index contributed by atoms with van der Waals surface area (Å²) in [5.41, 5.74) is 15.7. The summed E-state index contributed by atoms with van der Waals surface area (Å²) in [4.78, 5) is 5.09. The predicted molar refractivity (Wildman–Crippen MR) is 207 cm³/mol. The zero-order valence-corrected chi connectivity index (χ0v) is 28.3. The van der Waals surface area contributed by atoms with Crippen LogP contribution in [0.25, 0.3) is 22.3 Å². The van der Waals surface area contributed by atoms with Crippen LogP contribution in [0.3, 0.4) is 0 Å². The SMILES string of the molecule is N#Cc1cccc2c1C1=C(C2)C2C3C=CC=CC(C(c4cccc(-c5ccc(C6C=C(C7=CC=CCC7)N=C(c7ccccc7)N6)cc5)c4)=C1)C32. The van der Waals surface area contributed by atoms with E-state index in [1.807, 2.05) is 18.2 Å². The number of aliphatic imine (C=N–C) groups is 1. The minimum atomic E-state index is 0.0150. The van der Waals surface area contributed by atoms with Crippen LogP contribution in [0.4, 0.5) is 0 Å². The van der Waals surface area contributed by atoms with Gasteiger partial charge >= 0.3 is 0 Å². The third-order valence-electron chi connectivity index (χ3n) is 11.7. The van der Waals surface area contributed by atoms with Gasteiger partial charge < -0.3 is 5.32 Å². The maximum atomic E-state index is 10.1. The van der Waals surface area contributed by atoms with Crippen molar-refractivity contribution < 1.29 is 0 Å². The van der Waals surface area contributed by atoms with E-state index >= 15 is 0 Å². The summed E-state index contributed by atoms with van der Waals surface area (Å²) < 4.78 is 0. The Kier molecular flexibility index (Phi) is 7.10. The maximum absolute atomic E-state index is 10.1. The van der Waals surface area contributed by atoms with Gasteiger partial charge in [0.15, 0.2) is 0 Å². The number of hydrogen-bond acceptors (Lipinski definition) is 3. The van der Waals surface area contributed by atoms with Crippen molar-refractivity contribution in [3.05, 3.63) is 202 Å². The number of nitrogens with zero attached hydrogens (tertiary/aromatic N) is 2. The summed E-state index contributed by atoms with van der Waals surface area (Å²) in [5.74, 6) is 2.90. The number of nitriles is 1.